The van der Waals surface area contributed by atoms with E-state index >= 15 is 0 Å². The molecule has 0 fully saturated rings. The zero-order valence-electron chi connectivity index (χ0n) is 9.35. The van der Waals surface area contributed by atoms with Crippen LogP contribution in [0.1, 0.15) is 26.2 Å². The maximum Gasteiger partial charge on any atom is 0.142 e. The van der Waals surface area contributed by atoms with Crippen LogP contribution in [-0.4, -0.2) is 13.7 Å². The van der Waals surface area contributed by atoms with Crippen molar-refractivity contribution < 1.29 is 4.74 Å². The van der Waals surface area contributed by atoms with Crippen LogP contribution in [0.4, 0.5) is 5.69 Å². The van der Waals surface area contributed by atoms with Crippen molar-refractivity contribution in [3.05, 3.63) is 22.7 Å². The van der Waals surface area contributed by atoms with Gasteiger partial charge < -0.3 is 10.1 Å². The molecule has 0 unspecified atom stereocenters. The average molecular weight is 272 g/mol. The van der Waals surface area contributed by atoms with Gasteiger partial charge in [0, 0.05) is 11.0 Å². The monoisotopic (exact) mass is 271 g/mol. The first-order chi connectivity index (χ1) is 7.27. The number of ether oxygens (including phenoxy) is 1. The molecule has 0 aliphatic rings. The van der Waals surface area contributed by atoms with E-state index < -0.39 is 0 Å². The van der Waals surface area contributed by atoms with Gasteiger partial charge in [-0.2, -0.15) is 0 Å². The van der Waals surface area contributed by atoms with Gasteiger partial charge in [0.1, 0.15) is 5.75 Å². The van der Waals surface area contributed by atoms with E-state index in [1.807, 2.05) is 18.2 Å². The lowest BCUT2D eigenvalue weighted by Crippen LogP contribution is -2.02. The number of anilines is 1. The molecule has 84 valence electrons. The molecule has 0 heterocycles. The molecule has 0 saturated heterocycles. The van der Waals surface area contributed by atoms with Crippen molar-refractivity contribution in [1.82, 2.24) is 0 Å². The summed E-state index contributed by atoms with van der Waals surface area (Å²) in [6, 6.07) is 5.99. The molecule has 0 amide bonds. The van der Waals surface area contributed by atoms with Gasteiger partial charge in [0.05, 0.1) is 12.8 Å². The lowest BCUT2D eigenvalue weighted by molar-refractivity contribution is 0.416. The molecule has 1 rings (SSSR count). The summed E-state index contributed by atoms with van der Waals surface area (Å²) in [5, 5.41) is 3.38. The molecule has 1 N–H and O–H groups in total. The van der Waals surface area contributed by atoms with Gasteiger partial charge in [0.25, 0.3) is 0 Å². The number of unbranched alkanes of at least 4 members (excludes halogenated alkanes) is 2. The SMILES string of the molecule is CCCCCNc1cc(Br)ccc1OC. The highest BCUT2D eigenvalue weighted by Gasteiger charge is 2.01. The fraction of sp³-hybridized carbons (Fsp3) is 0.500. The highest BCUT2D eigenvalue weighted by molar-refractivity contribution is 9.10. The zero-order valence-corrected chi connectivity index (χ0v) is 10.9. The van der Waals surface area contributed by atoms with Gasteiger partial charge >= 0.3 is 0 Å². The third-order valence-electron chi connectivity index (χ3n) is 2.26. The van der Waals surface area contributed by atoms with Crippen molar-refractivity contribution >= 4 is 21.6 Å². The molecule has 1 aromatic carbocycles. The Labute approximate surface area is 100 Å². The van der Waals surface area contributed by atoms with Crippen LogP contribution >= 0.6 is 15.9 Å². The molecule has 0 aromatic heterocycles. The van der Waals surface area contributed by atoms with E-state index in [1.54, 1.807) is 7.11 Å². The molecule has 0 atom stereocenters. The van der Waals surface area contributed by atoms with Gasteiger partial charge in [-0.3, -0.25) is 0 Å². The minimum absolute atomic E-state index is 0.898. The molecule has 1 aromatic rings. The summed E-state index contributed by atoms with van der Waals surface area (Å²) >= 11 is 3.45. The summed E-state index contributed by atoms with van der Waals surface area (Å²) in [5.74, 6) is 0.898. The standard InChI is InChI=1S/C12H18BrNO/c1-3-4-5-8-14-11-9-10(13)6-7-12(11)15-2/h6-7,9,14H,3-5,8H2,1-2H3. The molecule has 2 nitrogen and oxygen atoms in total. The molecule has 0 aliphatic carbocycles. The Morgan fingerprint density at radius 3 is 2.80 bits per heavy atom. The fourth-order valence-corrected chi connectivity index (χ4v) is 1.78. The predicted octanol–water partition coefficient (Wildman–Crippen LogP) is 4.06. The topological polar surface area (TPSA) is 21.3 Å². The molecule has 0 spiro atoms. The Morgan fingerprint density at radius 1 is 1.33 bits per heavy atom. The molecule has 0 bridgehead atoms. The Kier molecular flexibility index (Phi) is 5.54. The molecule has 3 heteroatoms. The van der Waals surface area contributed by atoms with E-state index in [1.165, 1.54) is 19.3 Å². The van der Waals surface area contributed by atoms with Crippen molar-refractivity contribution in [3.63, 3.8) is 0 Å². The number of nitrogens with one attached hydrogen (secondary N) is 1. The summed E-state index contributed by atoms with van der Waals surface area (Å²) in [6.07, 6.45) is 3.72. The second kappa shape index (κ2) is 6.72. The van der Waals surface area contributed by atoms with Crippen LogP contribution in [-0.2, 0) is 0 Å². The fourth-order valence-electron chi connectivity index (χ4n) is 1.42. The molecular weight excluding hydrogens is 254 g/mol. The lowest BCUT2D eigenvalue weighted by atomic mass is 10.2. The average Bonchev–Trinajstić information content (AvgIpc) is 2.25. The van der Waals surface area contributed by atoms with Crippen LogP contribution in [0.25, 0.3) is 0 Å². The van der Waals surface area contributed by atoms with Crippen LogP contribution in [0.2, 0.25) is 0 Å². The number of hydrogen-bond donors (Lipinski definition) is 1. The Hall–Kier alpha value is -0.700. The van der Waals surface area contributed by atoms with Gasteiger partial charge in [-0.1, -0.05) is 35.7 Å². The van der Waals surface area contributed by atoms with E-state index in [-0.39, 0.29) is 0 Å². The van der Waals surface area contributed by atoms with E-state index in [0.717, 1.165) is 22.5 Å². The van der Waals surface area contributed by atoms with Crippen LogP contribution in [0, 0.1) is 0 Å². The largest absolute Gasteiger partial charge is 0.495 e. The molecule has 0 radical (unpaired) electrons. The third-order valence-corrected chi connectivity index (χ3v) is 2.75. The van der Waals surface area contributed by atoms with Crippen molar-refractivity contribution in [1.29, 1.82) is 0 Å². The van der Waals surface area contributed by atoms with Crippen LogP contribution in [0.5, 0.6) is 5.75 Å². The van der Waals surface area contributed by atoms with E-state index in [4.69, 9.17) is 4.74 Å². The summed E-state index contributed by atoms with van der Waals surface area (Å²) in [5.41, 5.74) is 1.06. The second-order valence-corrected chi connectivity index (χ2v) is 4.39. The number of hydrogen-bond acceptors (Lipinski definition) is 2. The quantitative estimate of drug-likeness (QED) is 0.788. The molecular formula is C12H18BrNO. The maximum absolute atomic E-state index is 5.27. The van der Waals surface area contributed by atoms with E-state index in [2.05, 4.69) is 28.2 Å². The minimum Gasteiger partial charge on any atom is -0.495 e. The number of methoxy groups -OCH3 is 1. The van der Waals surface area contributed by atoms with Crippen molar-refractivity contribution in [2.75, 3.05) is 19.0 Å². The van der Waals surface area contributed by atoms with Gasteiger partial charge in [0.15, 0.2) is 0 Å². The first-order valence-electron chi connectivity index (χ1n) is 5.35. The zero-order chi connectivity index (χ0) is 11.1. The number of benzene rings is 1. The lowest BCUT2D eigenvalue weighted by Gasteiger charge is -2.11. The summed E-state index contributed by atoms with van der Waals surface area (Å²) in [7, 11) is 1.69. The first-order valence-corrected chi connectivity index (χ1v) is 6.14. The van der Waals surface area contributed by atoms with Crippen LogP contribution in [0.15, 0.2) is 22.7 Å². The molecule has 15 heavy (non-hydrogen) atoms. The minimum atomic E-state index is 0.898. The van der Waals surface area contributed by atoms with Crippen molar-refractivity contribution in [2.24, 2.45) is 0 Å². The molecule has 0 aliphatic heterocycles. The van der Waals surface area contributed by atoms with Crippen LogP contribution in [0.3, 0.4) is 0 Å². The Balaban J connectivity index is 2.54. The van der Waals surface area contributed by atoms with E-state index in [9.17, 15) is 0 Å². The Bertz CT molecular complexity index is 302. The highest BCUT2D eigenvalue weighted by atomic mass is 79.9. The summed E-state index contributed by atoms with van der Waals surface area (Å²) < 4.78 is 6.34. The normalized spacial score (nSPS) is 10.1. The number of rotatable bonds is 6. The second-order valence-electron chi connectivity index (χ2n) is 3.48. The highest BCUT2D eigenvalue weighted by Crippen LogP contribution is 2.27. The van der Waals surface area contributed by atoms with Crippen molar-refractivity contribution in [2.45, 2.75) is 26.2 Å². The Morgan fingerprint density at radius 2 is 2.13 bits per heavy atom. The van der Waals surface area contributed by atoms with Gasteiger partial charge in [0.2, 0.25) is 0 Å². The summed E-state index contributed by atoms with van der Waals surface area (Å²) in [6.45, 7) is 3.21. The predicted molar refractivity (Wildman–Crippen MR) is 68.7 cm³/mol. The first kappa shape index (κ1) is 12.4. The summed E-state index contributed by atoms with van der Waals surface area (Å²) in [4.78, 5) is 0. The smallest absolute Gasteiger partial charge is 0.142 e. The van der Waals surface area contributed by atoms with Crippen molar-refractivity contribution in [3.8, 4) is 5.75 Å². The van der Waals surface area contributed by atoms with Gasteiger partial charge in [-0.05, 0) is 24.6 Å². The van der Waals surface area contributed by atoms with Crippen LogP contribution < -0.4 is 10.1 Å². The third kappa shape index (κ3) is 4.12. The van der Waals surface area contributed by atoms with Gasteiger partial charge in [-0.15, -0.1) is 0 Å². The molecule has 0 saturated carbocycles. The van der Waals surface area contributed by atoms with E-state index in [0.29, 0.717) is 0 Å². The van der Waals surface area contributed by atoms with Gasteiger partial charge in [-0.25, -0.2) is 0 Å². The number of halogens is 1. The maximum atomic E-state index is 5.27.